The van der Waals surface area contributed by atoms with Gasteiger partial charge in [0.25, 0.3) is 0 Å². The Labute approximate surface area is 200 Å². The highest BCUT2D eigenvalue weighted by atomic mass is 32.2. The van der Waals surface area contributed by atoms with Crippen LogP contribution >= 0.6 is 0 Å². The molecule has 8 heteroatoms. The van der Waals surface area contributed by atoms with Gasteiger partial charge in [-0.1, -0.05) is 35.4 Å². The fourth-order valence-electron chi connectivity index (χ4n) is 4.59. The third kappa shape index (κ3) is 4.24. The van der Waals surface area contributed by atoms with Crippen molar-refractivity contribution in [2.45, 2.75) is 32.2 Å². The van der Waals surface area contributed by atoms with Crippen molar-refractivity contribution in [1.29, 1.82) is 0 Å². The van der Waals surface area contributed by atoms with E-state index in [9.17, 15) is 8.42 Å². The maximum absolute atomic E-state index is 13.3. The van der Waals surface area contributed by atoms with E-state index in [1.807, 2.05) is 38.1 Å². The van der Waals surface area contributed by atoms with E-state index in [-0.39, 0.29) is 0 Å². The Kier molecular flexibility index (Phi) is 5.97. The number of hydrogen-bond acceptors (Lipinski definition) is 5. The standard InChI is InChI=1S/C26H29N5O2S/c1-19-6-9-22(10-7-19)31-25(28-23-5-4-12-27-26(23)31)18-29-13-15-30(16-14-29)34(32,33)24-11-8-20(2)17-21(24)3/h4-12,17H,13-16,18H2,1-3H3. The number of nitrogens with zero attached hydrogens (tertiary/aromatic N) is 5. The SMILES string of the molecule is Cc1ccc(-n2c(CN3CCN(S(=O)(=O)c4ccc(C)cc4C)CC3)nc3cccnc32)cc1. The molecule has 1 fully saturated rings. The molecule has 0 N–H and O–H groups in total. The maximum Gasteiger partial charge on any atom is 0.243 e. The minimum atomic E-state index is -3.51. The molecule has 5 rings (SSSR count). The summed E-state index contributed by atoms with van der Waals surface area (Å²) in [7, 11) is -3.51. The lowest BCUT2D eigenvalue weighted by atomic mass is 10.2. The van der Waals surface area contributed by atoms with Crippen molar-refractivity contribution in [3.8, 4) is 5.69 Å². The number of aryl methyl sites for hydroxylation is 3. The summed E-state index contributed by atoms with van der Waals surface area (Å²) in [5.41, 5.74) is 5.77. The number of imidazole rings is 1. The molecule has 0 spiro atoms. The average Bonchev–Trinajstić information content (AvgIpc) is 3.17. The molecule has 4 aromatic rings. The lowest BCUT2D eigenvalue weighted by molar-refractivity contribution is 0.177. The van der Waals surface area contributed by atoms with Gasteiger partial charge in [0.05, 0.1) is 11.4 Å². The Morgan fingerprint density at radius 1 is 0.882 bits per heavy atom. The fourth-order valence-corrected chi connectivity index (χ4v) is 6.21. The van der Waals surface area contributed by atoms with Gasteiger partial charge in [-0.2, -0.15) is 4.31 Å². The molecular weight excluding hydrogens is 446 g/mol. The predicted molar refractivity (Wildman–Crippen MR) is 134 cm³/mol. The normalized spacial score (nSPS) is 15.7. The van der Waals surface area contributed by atoms with Crippen molar-refractivity contribution < 1.29 is 8.42 Å². The highest BCUT2D eigenvalue weighted by molar-refractivity contribution is 7.89. The second kappa shape index (κ2) is 8.94. The number of aromatic nitrogens is 3. The van der Waals surface area contributed by atoms with Gasteiger partial charge < -0.3 is 0 Å². The second-order valence-corrected chi connectivity index (χ2v) is 10.9. The number of fused-ring (bicyclic) bond motifs is 1. The van der Waals surface area contributed by atoms with E-state index in [4.69, 9.17) is 4.98 Å². The summed E-state index contributed by atoms with van der Waals surface area (Å²) < 4.78 is 30.2. The van der Waals surface area contributed by atoms with Crippen LogP contribution in [0.1, 0.15) is 22.5 Å². The molecule has 0 radical (unpaired) electrons. The lowest BCUT2D eigenvalue weighted by Crippen LogP contribution is -2.48. The lowest BCUT2D eigenvalue weighted by Gasteiger charge is -2.34. The van der Waals surface area contributed by atoms with Crippen LogP contribution in [0.5, 0.6) is 0 Å². The zero-order chi connectivity index (χ0) is 23.9. The van der Waals surface area contributed by atoms with Gasteiger partial charge in [-0.15, -0.1) is 0 Å². The van der Waals surface area contributed by atoms with Crippen LogP contribution in [0.25, 0.3) is 16.9 Å². The molecule has 1 aliphatic heterocycles. The van der Waals surface area contributed by atoms with Gasteiger partial charge in [0.1, 0.15) is 11.3 Å². The van der Waals surface area contributed by atoms with E-state index in [1.165, 1.54) is 5.56 Å². The van der Waals surface area contributed by atoms with Crippen LogP contribution in [0.15, 0.2) is 65.7 Å². The van der Waals surface area contributed by atoms with E-state index in [1.54, 1.807) is 16.6 Å². The van der Waals surface area contributed by atoms with Crippen LogP contribution in [0.4, 0.5) is 0 Å². The summed E-state index contributed by atoms with van der Waals surface area (Å²) in [4.78, 5) is 12.1. The van der Waals surface area contributed by atoms with Crippen molar-refractivity contribution in [2.75, 3.05) is 26.2 Å². The quantitative estimate of drug-likeness (QED) is 0.438. The van der Waals surface area contributed by atoms with Crippen LogP contribution in [0, 0.1) is 20.8 Å². The van der Waals surface area contributed by atoms with Crippen molar-refractivity contribution in [1.82, 2.24) is 23.7 Å². The summed E-state index contributed by atoms with van der Waals surface area (Å²) in [6.45, 7) is 8.74. The molecule has 3 heterocycles. The van der Waals surface area contributed by atoms with E-state index >= 15 is 0 Å². The van der Waals surface area contributed by atoms with Gasteiger partial charge in [-0.25, -0.2) is 18.4 Å². The van der Waals surface area contributed by atoms with Crippen molar-refractivity contribution in [3.05, 3.63) is 83.3 Å². The number of sulfonamides is 1. The number of piperazine rings is 1. The molecule has 1 saturated heterocycles. The zero-order valence-corrected chi connectivity index (χ0v) is 20.6. The number of pyridine rings is 1. The third-order valence-corrected chi connectivity index (χ3v) is 8.48. The van der Waals surface area contributed by atoms with Crippen molar-refractivity contribution in [3.63, 3.8) is 0 Å². The van der Waals surface area contributed by atoms with Crippen LogP contribution in [-0.4, -0.2) is 58.3 Å². The summed E-state index contributed by atoms with van der Waals surface area (Å²) in [6, 6.07) is 17.7. The van der Waals surface area contributed by atoms with Crippen LogP contribution < -0.4 is 0 Å². The minimum absolute atomic E-state index is 0.402. The van der Waals surface area contributed by atoms with E-state index in [2.05, 4.69) is 45.6 Å². The summed E-state index contributed by atoms with van der Waals surface area (Å²) in [5.74, 6) is 0.906. The molecule has 2 aromatic heterocycles. The van der Waals surface area contributed by atoms with E-state index in [0.717, 1.165) is 33.8 Å². The molecule has 1 aliphatic rings. The summed E-state index contributed by atoms with van der Waals surface area (Å²) >= 11 is 0. The Morgan fingerprint density at radius 3 is 2.29 bits per heavy atom. The highest BCUT2D eigenvalue weighted by Gasteiger charge is 2.30. The van der Waals surface area contributed by atoms with Crippen LogP contribution in [0.3, 0.4) is 0 Å². The second-order valence-electron chi connectivity index (χ2n) is 8.99. The fraction of sp³-hybridized carbons (Fsp3) is 0.308. The van der Waals surface area contributed by atoms with Crippen molar-refractivity contribution in [2.24, 2.45) is 0 Å². The molecule has 0 bridgehead atoms. The van der Waals surface area contributed by atoms with Gasteiger partial charge >= 0.3 is 0 Å². The monoisotopic (exact) mass is 475 g/mol. The molecular formula is C26H29N5O2S. The van der Waals surface area contributed by atoms with Crippen LogP contribution in [-0.2, 0) is 16.6 Å². The Morgan fingerprint density at radius 2 is 1.59 bits per heavy atom. The smallest absolute Gasteiger partial charge is 0.243 e. The predicted octanol–water partition coefficient (Wildman–Crippen LogP) is 3.85. The average molecular weight is 476 g/mol. The van der Waals surface area contributed by atoms with Gasteiger partial charge in [-0.05, 0) is 56.7 Å². The first-order valence-corrected chi connectivity index (χ1v) is 13.0. The molecule has 176 valence electrons. The molecule has 34 heavy (non-hydrogen) atoms. The van der Waals surface area contributed by atoms with Gasteiger partial charge in [0.2, 0.25) is 10.0 Å². The van der Waals surface area contributed by atoms with Gasteiger partial charge in [0.15, 0.2) is 5.65 Å². The van der Waals surface area contributed by atoms with Crippen LogP contribution in [0.2, 0.25) is 0 Å². The number of benzene rings is 2. The number of rotatable bonds is 5. The highest BCUT2D eigenvalue weighted by Crippen LogP contribution is 2.24. The Bertz CT molecular complexity index is 1440. The zero-order valence-electron chi connectivity index (χ0n) is 19.8. The molecule has 2 aromatic carbocycles. The third-order valence-electron chi connectivity index (χ3n) is 6.42. The van der Waals surface area contributed by atoms with Crippen molar-refractivity contribution >= 4 is 21.2 Å². The first kappa shape index (κ1) is 22.7. The molecule has 0 saturated carbocycles. The Balaban J connectivity index is 1.37. The largest absolute Gasteiger partial charge is 0.293 e. The molecule has 0 unspecified atom stereocenters. The molecule has 0 aliphatic carbocycles. The number of hydrogen-bond donors (Lipinski definition) is 0. The molecule has 7 nitrogen and oxygen atoms in total. The van der Waals surface area contributed by atoms with E-state index < -0.39 is 10.0 Å². The Hall–Kier alpha value is -3.07. The van der Waals surface area contributed by atoms with Gasteiger partial charge in [0, 0.05) is 38.1 Å². The molecule has 0 atom stereocenters. The maximum atomic E-state index is 13.3. The first-order valence-electron chi connectivity index (χ1n) is 11.5. The topological polar surface area (TPSA) is 71.3 Å². The summed E-state index contributed by atoms with van der Waals surface area (Å²) in [5, 5.41) is 0. The van der Waals surface area contributed by atoms with E-state index in [0.29, 0.717) is 37.6 Å². The van der Waals surface area contributed by atoms with Gasteiger partial charge in [-0.3, -0.25) is 9.47 Å². The minimum Gasteiger partial charge on any atom is -0.293 e. The summed E-state index contributed by atoms with van der Waals surface area (Å²) in [6.07, 6.45) is 1.79. The first-order chi connectivity index (χ1) is 16.3. The molecule has 0 amide bonds.